The Bertz CT molecular complexity index is 894. The van der Waals surface area contributed by atoms with E-state index < -0.39 is 0 Å². The summed E-state index contributed by atoms with van der Waals surface area (Å²) in [6.07, 6.45) is 4.35. The largest absolute Gasteiger partial charge is 0.497 e. The van der Waals surface area contributed by atoms with Crippen LogP contribution < -0.4 is 15.0 Å². The van der Waals surface area contributed by atoms with Gasteiger partial charge in [0.15, 0.2) is 0 Å². The normalized spacial score (nSPS) is 18.8. The molecule has 0 radical (unpaired) electrons. The topological polar surface area (TPSA) is 61.9 Å². The number of anilines is 2. The molecule has 0 bridgehead atoms. The fraction of sp³-hybridized carbons (Fsp3) is 0.364. The number of nitrogens with one attached hydrogen (secondary N) is 1. The standard InChI is InChI=1S/C22H25N3O3/c1-24-19-14-15(21(26)23-16-8-10-17(28-2)11-9-16)7-12-18(19)22(27)25-13-5-3-4-6-20(24)25/h7-12,14,20H,3-6,13H2,1-2H3,(H,23,26). The van der Waals surface area contributed by atoms with Crippen LogP contribution in [0.2, 0.25) is 0 Å². The Kier molecular flexibility index (Phi) is 4.94. The highest BCUT2D eigenvalue weighted by atomic mass is 16.5. The summed E-state index contributed by atoms with van der Waals surface area (Å²) in [5.74, 6) is 0.610. The van der Waals surface area contributed by atoms with Crippen LogP contribution in [-0.2, 0) is 0 Å². The van der Waals surface area contributed by atoms with Crippen molar-refractivity contribution in [3.63, 3.8) is 0 Å². The molecule has 2 aliphatic heterocycles. The zero-order valence-corrected chi connectivity index (χ0v) is 16.3. The van der Waals surface area contributed by atoms with Gasteiger partial charge < -0.3 is 19.9 Å². The number of amides is 2. The highest BCUT2D eigenvalue weighted by Gasteiger charge is 2.36. The van der Waals surface area contributed by atoms with Crippen LogP contribution in [0.3, 0.4) is 0 Å². The van der Waals surface area contributed by atoms with E-state index in [1.807, 2.05) is 18.0 Å². The van der Waals surface area contributed by atoms with Crippen molar-refractivity contribution >= 4 is 23.2 Å². The molecule has 2 aromatic carbocycles. The first-order valence-electron chi connectivity index (χ1n) is 9.72. The summed E-state index contributed by atoms with van der Waals surface area (Å²) in [5.41, 5.74) is 2.73. The minimum absolute atomic E-state index is 0.0714. The maximum Gasteiger partial charge on any atom is 0.257 e. The van der Waals surface area contributed by atoms with E-state index in [4.69, 9.17) is 4.74 Å². The van der Waals surface area contributed by atoms with Crippen molar-refractivity contribution in [2.75, 3.05) is 30.9 Å². The zero-order chi connectivity index (χ0) is 19.7. The van der Waals surface area contributed by atoms with E-state index in [9.17, 15) is 9.59 Å². The molecule has 1 fully saturated rings. The molecular weight excluding hydrogens is 354 g/mol. The van der Waals surface area contributed by atoms with Gasteiger partial charge in [-0.3, -0.25) is 9.59 Å². The van der Waals surface area contributed by atoms with Crippen LogP contribution in [0.1, 0.15) is 46.4 Å². The Labute approximate surface area is 165 Å². The Morgan fingerprint density at radius 2 is 1.89 bits per heavy atom. The third-order valence-corrected chi connectivity index (χ3v) is 5.65. The lowest BCUT2D eigenvalue weighted by atomic mass is 10.0. The molecule has 2 aromatic rings. The van der Waals surface area contributed by atoms with Gasteiger partial charge in [0.25, 0.3) is 11.8 Å². The lowest BCUT2D eigenvalue weighted by Crippen LogP contribution is -2.53. The van der Waals surface area contributed by atoms with Gasteiger partial charge in [-0.25, -0.2) is 0 Å². The molecule has 0 saturated carbocycles. The minimum atomic E-state index is -0.197. The molecule has 0 spiro atoms. The number of nitrogens with zero attached hydrogens (tertiary/aromatic N) is 2. The van der Waals surface area contributed by atoms with Gasteiger partial charge in [0.1, 0.15) is 11.9 Å². The van der Waals surface area contributed by atoms with Crippen molar-refractivity contribution in [3.05, 3.63) is 53.6 Å². The van der Waals surface area contributed by atoms with Gasteiger partial charge in [0, 0.05) is 24.8 Å². The Balaban J connectivity index is 1.59. The fourth-order valence-corrected chi connectivity index (χ4v) is 4.07. The number of ether oxygens (including phenoxy) is 1. The van der Waals surface area contributed by atoms with Gasteiger partial charge in [0.05, 0.1) is 18.4 Å². The van der Waals surface area contributed by atoms with Crippen LogP contribution in [0.4, 0.5) is 11.4 Å². The molecule has 2 aliphatic rings. The molecule has 0 aromatic heterocycles. The summed E-state index contributed by atoms with van der Waals surface area (Å²) < 4.78 is 5.14. The molecular formula is C22H25N3O3. The molecule has 6 nitrogen and oxygen atoms in total. The minimum Gasteiger partial charge on any atom is -0.497 e. The second-order valence-corrected chi connectivity index (χ2v) is 7.35. The summed E-state index contributed by atoms with van der Waals surface area (Å²) in [5, 5.41) is 2.90. The molecule has 146 valence electrons. The van der Waals surface area contributed by atoms with E-state index in [1.54, 1.807) is 43.5 Å². The van der Waals surface area contributed by atoms with Crippen molar-refractivity contribution in [3.8, 4) is 5.75 Å². The van der Waals surface area contributed by atoms with E-state index in [0.717, 1.165) is 43.7 Å². The van der Waals surface area contributed by atoms with Crippen molar-refractivity contribution in [2.24, 2.45) is 0 Å². The smallest absolute Gasteiger partial charge is 0.257 e. The molecule has 1 N–H and O–H groups in total. The number of methoxy groups -OCH3 is 1. The van der Waals surface area contributed by atoms with Gasteiger partial charge >= 0.3 is 0 Å². The van der Waals surface area contributed by atoms with Gasteiger partial charge in [-0.15, -0.1) is 0 Å². The Morgan fingerprint density at radius 1 is 1.11 bits per heavy atom. The van der Waals surface area contributed by atoms with Gasteiger partial charge in [-0.1, -0.05) is 6.42 Å². The van der Waals surface area contributed by atoms with Crippen LogP contribution >= 0.6 is 0 Å². The van der Waals surface area contributed by atoms with E-state index in [0.29, 0.717) is 16.8 Å². The molecule has 0 aliphatic carbocycles. The monoisotopic (exact) mass is 379 g/mol. The first kappa shape index (κ1) is 18.3. The highest BCUT2D eigenvalue weighted by molar-refractivity contribution is 6.08. The summed E-state index contributed by atoms with van der Waals surface area (Å²) in [4.78, 5) is 29.8. The number of benzene rings is 2. The Morgan fingerprint density at radius 3 is 2.64 bits per heavy atom. The maximum atomic E-state index is 13.0. The van der Waals surface area contributed by atoms with Gasteiger partial charge in [-0.2, -0.15) is 0 Å². The predicted octanol–water partition coefficient (Wildman–Crippen LogP) is 3.74. The fourth-order valence-electron chi connectivity index (χ4n) is 4.07. The lowest BCUT2D eigenvalue weighted by molar-refractivity contribution is 0.0661. The average molecular weight is 379 g/mol. The Hall–Kier alpha value is -3.02. The lowest BCUT2D eigenvalue weighted by Gasteiger charge is -2.43. The first-order chi connectivity index (χ1) is 13.6. The van der Waals surface area contributed by atoms with Crippen LogP contribution in [-0.4, -0.2) is 43.6 Å². The molecule has 1 atom stereocenters. The van der Waals surface area contributed by atoms with Crippen LogP contribution in [0.25, 0.3) is 0 Å². The third kappa shape index (κ3) is 3.30. The van der Waals surface area contributed by atoms with Crippen LogP contribution in [0.15, 0.2) is 42.5 Å². The second kappa shape index (κ2) is 7.54. The van der Waals surface area contributed by atoms with Crippen LogP contribution in [0, 0.1) is 0 Å². The number of carbonyl (C=O) groups excluding carboxylic acids is 2. The highest BCUT2D eigenvalue weighted by Crippen LogP contribution is 2.34. The molecule has 4 rings (SSSR count). The van der Waals surface area contributed by atoms with Crippen molar-refractivity contribution in [1.82, 2.24) is 4.90 Å². The molecule has 1 saturated heterocycles. The second-order valence-electron chi connectivity index (χ2n) is 7.35. The zero-order valence-electron chi connectivity index (χ0n) is 16.3. The van der Waals surface area contributed by atoms with Crippen molar-refractivity contribution < 1.29 is 14.3 Å². The predicted molar refractivity (Wildman–Crippen MR) is 109 cm³/mol. The summed E-state index contributed by atoms with van der Waals surface area (Å²) >= 11 is 0. The van der Waals surface area contributed by atoms with E-state index in [2.05, 4.69) is 10.2 Å². The van der Waals surface area contributed by atoms with Crippen molar-refractivity contribution in [2.45, 2.75) is 31.8 Å². The number of rotatable bonds is 3. The molecule has 2 heterocycles. The van der Waals surface area contributed by atoms with E-state index >= 15 is 0 Å². The molecule has 28 heavy (non-hydrogen) atoms. The van der Waals surface area contributed by atoms with E-state index in [-0.39, 0.29) is 18.0 Å². The summed E-state index contributed by atoms with van der Waals surface area (Å²) in [7, 11) is 3.62. The SMILES string of the molecule is COc1ccc(NC(=O)c2ccc3c(c2)N(C)C2CCCCCN2C3=O)cc1. The molecule has 1 unspecified atom stereocenters. The van der Waals surface area contributed by atoms with Crippen LogP contribution in [0.5, 0.6) is 5.75 Å². The number of hydrogen-bond acceptors (Lipinski definition) is 4. The molecule has 6 heteroatoms. The van der Waals surface area contributed by atoms with Gasteiger partial charge in [0.2, 0.25) is 0 Å². The number of fused-ring (bicyclic) bond motifs is 2. The average Bonchev–Trinajstić information content (AvgIpc) is 2.98. The summed E-state index contributed by atoms with van der Waals surface area (Å²) in [6, 6.07) is 12.5. The summed E-state index contributed by atoms with van der Waals surface area (Å²) in [6.45, 7) is 0.799. The van der Waals surface area contributed by atoms with Crippen molar-refractivity contribution in [1.29, 1.82) is 0 Å². The third-order valence-electron chi connectivity index (χ3n) is 5.65. The number of carbonyl (C=O) groups is 2. The number of hydrogen-bond donors (Lipinski definition) is 1. The first-order valence-corrected chi connectivity index (χ1v) is 9.72. The maximum absolute atomic E-state index is 13.0. The van der Waals surface area contributed by atoms with Gasteiger partial charge in [-0.05, 0) is 61.7 Å². The van der Waals surface area contributed by atoms with E-state index in [1.165, 1.54) is 0 Å². The quantitative estimate of drug-likeness (QED) is 0.883. The molecule has 2 amide bonds.